The van der Waals surface area contributed by atoms with Gasteiger partial charge in [-0.25, -0.2) is 9.97 Å². The fourth-order valence-corrected chi connectivity index (χ4v) is 6.16. The lowest BCUT2D eigenvalue weighted by Crippen LogP contribution is -2.57. The SMILES string of the molecule is COc1ccc2cc1-c1cccc(c1)OCC(=O)NCc1ccc(cc1)O[C@@H]1CCN(c3nc(C)nc4ccccc34)C[C@H]1NC2=O. The summed E-state index contributed by atoms with van der Waals surface area (Å²) in [5, 5.41) is 7.16. The van der Waals surface area contributed by atoms with Gasteiger partial charge in [0.2, 0.25) is 0 Å². The van der Waals surface area contributed by atoms with Gasteiger partial charge in [0, 0.05) is 42.6 Å². The number of methoxy groups -OCH3 is 1. The predicted molar refractivity (Wildman–Crippen MR) is 179 cm³/mol. The Morgan fingerprint density at radius 3 is 2.60 bits per heavy atom. The number of rotatable bonds is 2. The number of carbonyl (C=O) groups excluding carboxylic acids is 2. The quantitative estimate of drug-likeness (QED) is 0.278. The second-order valence-electron chi connectivity index (χ2n) is 11.7. The fourth-order valence-electron chi connectivity index (χ4n) is 6.16. The normalized spacial score (nSPS) is 18.3. The molecule has 10 nitrogen and oxygen atoms in total. The molecule has 3 aliphatic rings. The Balaban J connectivity index is 1.25. The molecule has 1 aromatic heterocycles. The number of hydrogen-bond donors (Lipinski definition) is 2. The van der Waals surface area contributed by atoms with E-state index in [1.165, 1.54) is 0 Å². The van der Waals surface area contributed by atoms with E-state index >= 15 is 0 Å². The summed E-state index contributed by atoms with van der Waals surface area (Å²) in [6.45, 7) is 3.30. The van der Waals surface area contributed by atoms with E-state index in [1.54, 1.807) is 25.3 Å². The van der Waals surface area contributed by atoms with Crippen LogP contribution >= 0.6 is 0 Å². The molecular formula is C37H35N5O5. The number of piperidine rings is 1. The maximum absolute atomic E-state index is 14.0. The fraction of sp³-hybridized carbons (Fsp3) is 0.243. The molecule has 238 valence electrons. The summed E-state index contributed by atoms with van der Waals surface area (Å²) in [7, 11) is 1.59. The molecule has 3 aliphatic heterocycles. The summed E-state index contributed by atoms with van der Waals surface area (Å²) < 4.78 is 18.0. The van der Waals surface area contributed by atoms with Crippen molar-refractivity contribution in [1.82, 2.24) is 20.6 Å². The van der Waals surface area contributed by atoms with Gasteiger partial charge in [-0.3, -0.25) is 9.59 Å². The van der Waals surface area contributed by atoms with Gasteiger partial charge in [0.05, 0.1) is 18.7 Å². The van der Waals surface area contributed by atoms with E-state index in [9.17, 15) is 9.59 Å². The molecule has 0 unspecified atom stereocenters. The number of hydrogen-bond acceptors (Lipinski definition) is 8. The lowest BCUT2D eigenvalue weighted by Gasteiger charge is -2.39. The Kier molecular flexibility index (Phi) is 8.31. The number of fused-ring (bicyclic) bond motifs is 8. The molecule has 4 heterocycles. The van der Waals surface area contributed by atoms with Crippen LogP contribution in [0.25, 0.3) is 22.0 Å². The van der Waals surface area contributed by atoms with Crippen molar-refractivity contribution in [2.75, 3.05) is 31.7 Å². The van der Waals surface area contributed by atoms with Crippen molar-refractivity contribution in [3.05, 3.63) is 108 Å². The number of aryl methyl sites for hydroxylation is 1. The van der Waals surface area contributed by atoms with Gasteiger partial charge >= 0.3 is 0 Å². The molecule has 47 heavy (non-hydrogen) atoms. The third kappa shape index (κ3) is 6.53. The topological polar surface area (TPSA) is 115 Å². The van der Waals surface area contributed by atoms with Gasteiger partial charge in [-0.1, -0.05) is 36.4 Å². The van der Waals surface area contributed by atoms with Gasteiger partial charge in [-0.05, 0) is 72.6 Å². The first-order valence-corrected chi connectivity index (χ1v) is 15.7. The number of benzene rings is 4. The molecule has 4 aromatic carbocycles. The smallest absolute Gasteiger partial charge is 0.258 e. The summed E-state index contributed by atoms with van der Waals surface area (Å²) in [6.07, 6.45) is 0.355. The highest BCUT2D eigenvalue weighted by molar-refractivity contribution is 5.96. The summed E-state index contributed by atoms with van der Waals surface area (Å²) in [4.78, 5) is 38.2. The number of nitrogens with one attached hydrogen (secondary N) is 2. The Morgan fingerprint density at radius 1 is 0.894 bits per heavy atom. The molecule has 0 saturated carbocycles. The molecule has 5 aromatic rings. The largest absolute Gasteiger partial charge is 0.496 e. The van der Waals surface area contributed by atoms with Crippen LogP contribution in [-0.4, -0.2) is 60.7 Å². The minimum Gasteiger partial charge on any atom is -0.496 e. The minimum absolute atomic E-state index is 0.130. The number of ether oxygens (including phenoxy) is 3. The first kappa shape index (κ1) is 30.0. The highest BCUT2D eigenvalue weighted by atomic mass is 16.5. The third-order valence-corrected chi connectivity index (χ3v) is 8.54. The Hall–Kier alpha value is -5.64. The molecule has 0 radical (unpaired) electrons. The van der Waals surface area contributed by atoms with Gasteiger partial charge in [0.25, 0.3) is 11.8 Å². The Morgan fingerprint density at radius 2 is 1.74 bits per heavy atom. The molecule has 1 fully saturated rings. The summed E-state index contributed by atoms with van der Waals surface area (Å²) >= 11 is 0. The molecule has 1 saturated heterocycles. The van der Waals surface area contributed by atoms with E-state index in [0.717, 1.165) is 33.4 Å². The zero-order chi connectivity index (χ0) is 32.3. The summed E-state index contributed by atoms with van der Waals surface area (Å²) in [5.41, 5.74) is 3.80. The van der Waals surface area contributed by atoms with E-state index in [-0.39, 0.29) is 30.6 Å². The van der Waals surface area contributed by atoms with Crippen LogP contribution in [0.5, 0.6) is 17.2 Å². The van der Waals surface area contributed by atoms with Crippen molar-refractivity contribution in [1.29, 1.82) is 0 Å². The zero-order valence-electron chi connectivity index (χ0n) is 26.2. The molecule has 0 aliphatic carbocycles. The van der Waals surface area contributed by atoms with Crippen molar-refractivity contribution < 1.29 is 23.8 Å². The number of carbonyl (C=O) groups is 2. The maximum Gasteiger partial charge on any atom is 0.258 e. The summed E-state index contributed by atoms with van der Waals surface area (Å²) in [5.74, 6) is 2.89. The lowest BCUT2D eigenvalue weighted by molar-refractivity contribution is -0.123. The van der Waals surface area contributed by atoms with E-state index in [4.69, 9.17) is 19.2 Å². The zero-order valence-corrected chi connectivity index (χ0v) is 26.2. The molecule has 2 N–H and O–H groups in total. The van der Waals surface area contributed by atoms with Crippen LogP contribution in [0.1, 0.15) is 28.2 Å². The molecule has 0 spiro atoms. The van der Waals surface area contributed by atoms with E-state index in [1.807, 2.05) is 79.7 Å². The second kappa shape index (κ2) is 13.0. The molecule has 2 amide bonds. The van der Waals surface area contributed by atoms with Crippen molar-refractivity contribution in [3.63, 3.8) is 0 Å². The first-order chi connectivity index (χ1) is 22.9. The van der Waals surface area contributed by atoms with E-state index in [2.05, 4.69) is 20.5 Å². The first-order valence-electron chi connectivity index (χ1n) is 15.7. The van der Waals surface area contributed by atoms with E-state index in [0.29, 0.717) is 54.7 Å². The van der Waals surface area contributed by atoms with E-state index < -0.39 is 0 Å². The molecule has 2 atom stereocenters. The Labute approximate surface area is 272 Å². The highest BCUT2D eigenvalue weighted by Crippen LogP contribution is 2.34. The van der Waals surface area contributed by atoms with Crippen molar-refractivity contribution >= 4 is 28.5 Å². The van der Waals surface area contributed by atoms with Crippen molar-refractivity contribution in [2.45, 2.75) is 32.0 Å². The average Bonchev–Trinajstić information content (AvgIpc) is 3.10. The number of anilines is 1. The molecule has 10 heteroatoms. The number of para-hydroxylation sites is 1. The van der Waals surface area contributed by atoms with Gasteiger partial charge in [-0.15, -0.1) is 0 Å². The molecule has 6 bridgehead atoms. The van der Waals surface area contributed by atoms with Crippen LogP contribution in [0.15, 0.2) is 91.0 Å². The minimum atomic E-state index is -0.364. The second-order valence-corrected chi connectivity index (χ2v) is 11.7. The van der Waals surface area contributed by atoms with Crippen LogP contribution in [0.3, 0.4) is 0 Å². The Bertz CT molecular complexity index is 1950. The number of amides is 2. The third-order valence-electron chi connectivity index (χ3n) is 8.54. The van der Waals surface area contributed by atoms with Gasteiger partial charge in [0.15, 0.2) is 6.61 Å². The summed E-state index contributed by atoms with van der Waals surface area (Å²) in [6, 6.07) is 28.0. The van der Waals surface area contributed by atoms with Crippen LogP contribution in [0.4, 0.5) is 5.82 Å². The average molecular weight is 630 g/mol. The van der Waals surface area contributed by atoms with Crippen LogP contribution in [0, 0.1) is 6.92 Å². The van der Waals surface area contributed by atoms with Crippen LogP contribution in [0.2, 0.25) is 0 Å². The van der Waals surface area contributed by atoms with Gasteiger partial charge < -0.3 is 29.7 Å². The predicted octanol–water partition coefficient (Wildman–Crippen LogP) is 5.08. The highest BCUT2D eigenvalue weighted by Gasteiger charge is 2.34. The molecule has 8 rings (SSSR count). The monoisotopic (exact) mass is 629 g/mol. The van der Waals surface area contributed by atoms with Gasteiger partial charge in [-0.2, -0.15) is 0 Å². The molecular weight excluding hydrogens is 594 g/mol. The standard InChI is InChI=1S/C37H35N5O5/c1-23-39-31-9-4-3-8-29(31)36(40-23)42-17-16-34-32(21-42)41-37(44)26-12-15-33(45-2)30(19-26)25-6-5-7-28(18-25)46-22-35(43)38-20-24-10-13-27(47-34)14-11-24/h3-15,18-19,32,34H,16-17,20-22H2,1-2H3,(H,38,43)(H,41,44)/t32-,34-/m1/s1. The van der Waals surface area contributed by atoms with Gasteiger partial charge in [0.1, 0.15) is 35.0 Å². The lowest BCUT2D eigenvalue weighted by atomic mass is 9.99. The van der Waals surface area contributed by atoms with Crippen molar-refractivity contribution in [2.24, 2.45) is 0 Å². The van der Waals surface area contributed by atoms with Crippen LogP contribution < -0.4 is 29.7 Å². The maximum atomic E-state index is 14.0. The van der Waals surface area contributed by atoms with Crippen LogP contribution in [-0.2, 0) is 11.3 Å². The van der Waals surface area contributed by atoms with Crippen molar-refractivity contribution in [3.8, 4) is 28.4 Å². The number of nitrogens with zero attached hydrogens (tertiary/aromatic N) is 3. The number of aromatic nitrogens is 2.